The fraction of sp³-hybridized carbons (Fsp3) is 0.917. The Morgan fingerprint density at radius 1 is 1.22 bits per heavy atom. The molecule has 1 aliphatic carbocycles. The van der Waals surface area contributed by atoms with Gasteiger partial charge in [0.05, 0.1) is 36.4 Å². The van der Waals surface area contributed by atoms with Crippen LogP contribution in [0.4, 0.5) is 0 Å². The first-order chi connectivity index (χ1) is 15.5. The number of hydrogen-bond donors (Lipinski definition) is 3. The molecule has 8 heteroatoms. The molecule has 0 radical (unpaired) electrons. The van der Waals surface area contributed by atoms with Gasteiger partial charge >= 0.3 is 0 Å². The second-order valence-electron chi connectivity index (χ2n) is 10.3. The standard InChI is InChI=1S/C24H43N5O3/c1-3-4-12-29-21(25)18(23(30)26-15-16-8-10-17(32-2)11-9-16)14-19-22(29)27-20-7-5-6-13-28(20)24(19)31/h16-22,27H,3-15,25H2,1-2H3,(H,26,30). The number of fused-ring (bicyclic) bond motifs is 2. The van der Waals surface area contributed by atoms with Crippen molar-refractivity contribution in [2.45, 2.75) is 95.7 Å². The number of unbranched alkanes of at least 4 members (excludes halogenated alkanes) is 1. The first-order valence-corrected chi connectivity index (χ1v) is 12.9. The number of hydrogen-bond acceptors (Lipinski definition) is 6. The first kappa shape index (κ1) is 23.9. The maximum Gasteiger partial charge on any atom is 0.229 e. The molecule has 2 amide bonds. The van der Waals surface area contributed by atoms with E-state index in [-0.39, 0.29) is 42.1 Å². The van der Waals surface area contributed by atoms with Gasteiger partial charge in [0.2, 0.25) is 11.8 Å². The Hall–Kier alpha value is -1.22. The summed E-state index contributed by atoms with van der Waals surface area (Å²) >= 11 is 0. The SMILES string of the molecule is CCCCN1C(N)C(C(=O)NCC2CCC(OC)CC2)CC2C(=O)N3CCCCC3NC21. The lowest BCUT2D eigenvalue weighted by atomic mass is 9.80. The number of likely N-dealkylation sites (tertiary alicyclic amines) is 1. The van der Waals surface area contributed by atoms with Crippen LogP contribution in [0.2, 0.25) is 0 Å². The Morgan fingerprint density at radius 3 is 2.72 bits per heavy atom. The van der Waals surface area contributed by atoms with Crippen molar-refractivity contribution < 1.29 is 14.3 Å². The van der Waals surface area contributed by atoms with Crippen molar-refractivity contribution in [1.29, 1.82) is 0 Å². The molecule has 5 unspecified atom stereocenters. The minimum Gasteiger partial charge on any atom is -0.381 e. The fourth-order valence-electron chi connectivity index (χ4n) is 6.25. The summed E-state index contributed by atoms with van der Waals surface area (Å²) in [5.41, 5.74) is 6.71. The molecule has 4 N–H and O–H groups in total. The largest absolute Gasteiger partial charge is 0.381 e. The van der Waals surface area contributed by atoms with Gasteiger partial charge in [0.15, 0.2) is 0 Å². The van der Waals surface area contributed by atoms with Gasteiger partial charge in [-0.05, 0) is 63.7 Å². The Bertz CT molecular complexity index is 654. The van der Waals surface area contributed by atoms with E-state index in [0.29, 0.717) is 25.0 Å². The molecule has 0 aromatic carbocycles. The zero-order valence-electron chi connectivity index (χ0n) is 19.9. The normalized spacial score (nSPS) is 38.2. The molecule has 0 spiro atoms. The molecule has 0 aromatic heterocycles. The van der Waals surface area contributed by atoms with Gasteiger partial charge < -0.3 is 20.7 Å². The van der Waals surface area contributed by atoms with Crippen LogP contribution in [0.15, 0.2) is 0 Å². The Morgan fingerprint density at radius 2 is 2.00 bits per heavy atom. The van der Waals surface area contributed by atoms with Gasteiger partial charge in [-0.1, -0.05) is 13.3 Å². The quantitative estimate of drug-likeness (QED) is 0.546. The summed E-state index contributed by atoms with van der Waals surface area (Å²) in [6, 6.07) is 0. The summed E-state index contributed by atoms with van der Waals surface area (Å²) in [5, 5.41) is 6.93. The highest BCUT2D eigenvalue weighted by atomic mass is 16.5. The van der Waals surface area contributed by atoms with Crippen LogP contribution in [-0.4, -0.2) is 73.0 Å². The van der Waals surface area contributed by atoms with Crippen LogP contribution in [0.1, 0.15) is 71.1 Å². The van der Waals surface area contributed by atoms with Crippen LogP contribution in [-0.2, 0) is 14.3 Å². The molecule has 3 aliphatic heterocycles. The number of carbonyl (C=O) groups is 2. The van der Waals surface area contributed by atoms with Crippen LogP contribution in [0.25, 0.3) is 0 Å². The topological polar surface area (TPSA) is 99.9 Å². The van der Waals surface area contributed by atoms with Crippen LogP contribution in [0, 0.1) is 17.8 Å². The van der Waals surface area contributed by atoms with Crippen molar-refractivity contribution in [3.8, 4) is 0 Å². The molecule has 182 valence electrons. The molecule has 5 atom stereocenters. The summed E-state index contributed by atoms with van der Waals surface area (Å²) in [7, 11) is 1.78. The molecule has 3 heterocycles. The van der Waals surface area contributed by atoms with Crippen molar-refractivity contribution in [2.75, 3.05) is 26.7 Å². The molecule has 8 nitrogen and oxygen atoms in total. The third kappa shape index (κ3) is 4.98. The molecule has 32 heavy (non-hydrogen) atoms. The van der Waals surface area contributed by atoms with E-state index in [1.807, 2.05) is 4.90 Å². The predicted molar refractivity (Wildman–Crippen MR) is 123 cm³/mol. The lowest BCUT2D eigenvalue weighted by molar-refractivity contribution is -0.162. The van der Waals surface area contributed by atoms with Gasteiger partial charge in [0.25, 0.3) is 0 Å². The second-order valence-corrected chi connectivity index (χ2v) is 10.3. The van der Waals surface area contributed by atoms with E-state index >= 15 is 0 Å². The van der Waals surface area contributed by atoms with Gasteiger partial charge in [0, 0.05) is 26.7 Å². The highest BCUT2D eigenvalue weighted by Gasteiger charge is 2.52. The van der Waals surface area contributed by atoms with E-state index in [1.54, 1.807) is 7.11 Å². The van der Waals surface area contributed by atoms with Crippen LogP contribution < -0.4 is 16.4 Å². The minimum absolute atomic E-state index is 0.0138. The number of ether oxygens (including phenoxy) is 1. The lowest BCUT2D eigenvalue weighted by Gasteiger charge is -2.55. The molecule has 0 aromatic rings. The van der Waals surface area contributed by atoms with E-state index in [1.165, 1.54) is 0 Å². The minimum atomic E-state index is -0.359. The highest BCUT2D eigenvalue weighted by Crippen LogP contribution is 2.36. The Balaban J connectivity index is 1.42. The zero-order valence-corrected chi connectivity index (χ0v) is 19.9. The summed E-state index contributed by atoms with van der Waals surface area (Å²) in [6.45, 7) is 4.50. The van der Waals surface area contributed by atoms with E-state index in [2.05, 4.69) is 22.5 Å². The van der Waals surface area contributed by atoms with Crippen LogP contribution >= 0.6 is 0 Å². The van der Waals surface area contributed by atoms with E-state index in [0.717, 1.165) is 70.9 Å². The van der Waals surface area contributed by atoms with Crippen molar-refractivity contribution >= 4 is 11.8 Å². The van der Waals surface area contributed by atoms with Crippen molar-refractivity contribution in [3.63, 3.8) is 0 Å². The van der Waals surface area contributed by atoms with E-state index in [9.17, 15) is 9.59 Å². The van der Waals surface area contributed by atoms with Gasteiger partial charge in [0.1, 0.15) is 0 Å². The lowest BCUT2D eigenvalue weighted by Crippen LogP contribution is -2.74. The van der Waals surface area contributed by atoms with E-state index < -0.39 is 0 Å². The molecule has 4 rings (SSSR count). The molecule has 4 fully saturated rings. The van der Waals surface area contributed by atoms with Crippen molar-refractivity contribution in [1.82, 2.24) is 20.4 Å². The summed E-state index contributed by atoms with van der Waals surface area (Å²) in [6.07, 6.45) is 10.2. The van der Waals surface area contributed by atoms with E-state index in [4.69, 9.17) is 10.5 Å². The number of nitrogens with zero attached hydrogens (tertiary/aromatic N) is 2. The number of nitrogens with two attached hydrogens (primary N) is 1. The third-order valence-electron chi connectivity index (χ3n) is 8.31. The third-order valence-corrected chi connectivity index (χ3v) is 8.31. The Kier molecular flexibility index (Phi) is 8.08. The average Bonchev–Trinajstić information content (AvgIpc) is 2.82. The molecular formula is C24H43N5O3. The number of rotatable bonds is 7. The maximum atomic E-state index is 13.4. The number of methoxy groups -OCH3 is 1. The monoisotopic (exact) mass is 449 g/mol. The second kappa shape index (κ2) is 10.8. The molecule has 3 saturated heterocycles. The van der Waals surface area contributed by atoms with Crippen molar-refractivity contribution in [3.05, 3.63) is 0 Å². The van der Waals surface area contributed by atoms with Crippen LogP contribution in [0.5, 0.6) is 0 Å². The van der Waals surface area contributed by atoms with Gasteiger partial charge in [-0.3, -0.25) is 19.8 Å². The highest BCUT2D eigenvalue weighted by molar-refractivity contribution is 5.84. The molecule has 4 aliphatic rings. The predicted octanol–water partition coefficient (Wildman–Crippen LogP) is 1.60. The number of nitrogens with one attached hydrogen (secondary N) is 2. The summed E-state index contributed by atoms with van der Waals surface area (Å²) < 4.78 is 5.47. The number of piperidine rings is 2. The number of carbonyl (C=O) groups excluding carboxylic acids is 2. The van der Waals surface area contributed by atoms with Gasteiger partial charge in [-0.2, -0.15) is 0 Å². The van der Waals surface area contributed by atoms with Crippen molar-refractivity contribution in [2.24, 2.45) is 23.5 Å². The summed E-state index contributed by atoms with van der Waals surface area (Å²) in [4.78, 5) is 30.9. The van der Waals surface area contributed by atoms with Gasteiger partial charge in [-0.25, -0.2) is 0 Å². The van der Waals surface area contributed by atoms with Crippen LogP contribution in [0.3, 0.4) is 0 Å². The smallest absolute Gasteiger partial charge is 0.229 e. The Labute approximate surface area is 193 Å². The maximum absolute atomic E-state index is 13.4. The molecule has 1 saturated carbocycles. The molecule has 0 bridgehead atoms. The number of amides is 2. The molecular weight excluding hydrogens is 406 g/mol. The summed E-state index contributed by atoms with van der Waals surface area (Å²) in [5.74, 6) is 0.174. The van der Waals surface area contributed by atoms with Gasteiger partial charge in [-0.15, -0.1) is 0 Å². The fourth-order valence-corrected chi connectivity index (χ4v) is 6.25. The first-order valence-electron chi connectivity index (χ1n) is 12.9. The zero-order chi connectivity index (χ0) is 22.7. The average molecular weight is 450 g/mol.